The number of hydroxylamine groups is 1. The highest BCUT2D eigenvalue weighted by Gasteiger charge is 2.51. The van der Waals surface area contributed by atoms with Gasteiger partial charge in [0.15, 0.2) is 17.8 Å². The minimum Gasteiger partial charge on any atom is -0.327 e. The number of aromatic nitrogens is 2. The van der Waals surface area contributed by atoms with E-state index in [-0.39, 0.29) is 30.5 Å². The second kappa shape index (κ2) is 8.75. The van der Waals surface area contributed by atoms with Crippen molar-refractivity contribution in [3.05, 3.63) is 20.8 Å². The van der Waals surface area contributed by atoms with Gasteiger partial charge in [0, 0.05) is 39.8 Å². The van der Waals surface area contributed by atoms with Gasteiger partial charge < -0.3 is 15.1 Å². The van der Waals surface area contributed by atoms with Gasteiger partial charge in [0.05, 0.1) is 6.54 Å². The SMILES string of the molecule is CC#CCN1c2c(n(CC3CC3)c(=O)n(C)c2=O)N(OC(=O)C(F)(F)F)C1N1CCNCC1. The van der Waals surface area contributed by atoms with E-state index in [4.69, 9.17) is 4.84 Å². The Hall–Kier alpha value is -2.98. The quantitative estimate of drug-likeness (QED) is 0.593. The first-order valence-corrected chi connectivity index (χ1v) is 10.7. The summed E-state index contributed by atoms with van der Waals surface area (Å²) < 4.78 is 41.8. The number of carbonyl (C=O) groups is 1. The van der Waals surface area contributed by atoms with Crippen molar-refractivity contribution in [2.24, 2.45) is 13.0 Å². The summed E-state index contributed by atoms with van der Waals surface area (Å²) in [4.78, 5) is 46.3. The van der Waals surface area contributed by atoms with Crippen LogP contribution in [0.5, 0.6) is 0 Å². The van der Waals surface area contributed by atoms with E-state index in [1.165, 1.54) is 16.5 Å². The minimum atomic E-state index is -5.26. The molecule has 1 atom stereocenters. The van der Waals surface area contributed by atoms with Gasteiger partial charge in [-0.1, -0.05) is 5.92 Å². The van der Waals surface area contributed by atoms with Gasteiger partial charge in [-0.05, 0) is 25.7 Å². The normalized spacial score (nSPS) is 20.9. The fourth-order valence-corrected chi connectivity index (χ4v) is 4.11. The third-order valence-electron chi connectivity index (χ3n) is 5.93. The molecule has 3 aliphatic rings. The number of nitrogens with zero attached hydrogens (tertiary/aromatic N) is 5. The standard InChI is InChI=1S/C20H25F3N6O4/c1-3-4-9-27-14-15(28(12-13-5-6-13)19(32)25(2)16(14)30)29(33-17(31)20(21,22)23)18(27)26-10-7-24-8-11-26/h13,18,24H,5-12H2,1-2H3. The number of anilines is 2. The molecule has 1 aromatic rings. The molecule has 3 heterocycles. The van der Waals surface area contributed by atoms with Crippen LogP contribution < -0.4 is 26.5 Å². The summed E-state index contributed by atoms with van der Waals surface area (Å²) in [6.45, 7) is 3.74. The predicted molar refractivity (Wildman–Crippen MR) is 112 cm³/mol. The van der Waals surface area contributed by atoms with Gasteiger partial charge in [0.1, 0.15) is 0 Å². The van der Waals surface area contributed by atoms with Crippen molar-refractivity contribution in [2.45, 2.75) is 38.8 Å². The van der Waals surface area contributed by atoms with Crippen molar-refractivity contribution >= 4 is 17.5 Å². The first-order valence-electron chi connectivity index (χ1n) is 10.7. The molecule has 1 unspecified atom stereocenters. The molecule has 10 nitrogen and oxygen atoms in total. The number of hydrogen-bond donors (Lipinski definition) is 1. The van der Waals surface area contributed by atoms with E-state index in [1.807, 2.05) is 0 Å². The summed E-state index contributed by atoms with van der Waals surface area (Å²) in [7, 11) is 1.32. The maximum Gasteiger partial charge on any atom is 0.493 e. The van der Waals surface area contributed by atoms with E-state index >= 15 is 0 Å². The molecule has 0 radical (unpaired) electrons. The topological polar surface area (TPSA) is 92.0 Å². The third-order valence-corrected chi connectivity index (χ3v) is 5.93. The van der Waals surface area contributed by atoms with Crippen molar-refractivity contribution in [3.8, 4) is 11.8 Å². The number of piperazine rings is 1. The number of halogens is 3. The van der Waals surface area contributed by atoms with Crippen molar-refractivity contribution in [1.29, 1.82) is 0 Å². The molecular weight excluding hydrogens is 445 g/mol. The average molecular weight is 470 g/mol. The number of nitrogens with one attached hydrogen (secondary N) is 1. The summed E-state index contributed by atoms with van der Waals surface area (Å²) >= 11 is 0. The molecule has 1 aromatic heterocycles. The first kappa shape index (κ1) is 23.2. The summed E-state index contributed by atoms with van der Waals surface area (Å²) in [5.41, 5.74) is -1.38. The van der Waals surface area contributed by atoms with Gasteiger partial charge in [0.2, 0.25) is 0 Å². The molecule has 1 saturated carbocycles. The Bertz CT molecular complexity index is 1110. The van der Waals surface area contributed by atoms with E-state index in [1.54, 1.807) is 11.8 Å². The molecule has 4 rings (SSSR count). The Kier molecular flexibility index (Phi) is 6.15. The van der Waals surface area contributed by atoms with Gasteiger partial charge in [0.25, 0.3) is 5.56 Å². The monoisotopic (exact) mass is 470 g/mol. The van der Waals surface area contributed by atoms with Gasteiger partial charge in [-0.15, -0.1) is 11.0 Å². The predicted octanol–water partition coefficient (Wildman–Crippen LogP) is -0.184. The van der Waals surface area contributed by atoms with Crippen LogP contribution in [0.3, 0.4) is 0 Å². The zero-order valence-corrected chi connectivity index (χ0v) is 18.3. The highest BCUT2D eigenvalue weighted by molar-refractivity contribution is 5.80. The highest BCUT2D eigenvalue weighted by Crippen LogP contribution is 2.40. The number of hydrogen-bond acceptors (Lipinski definition) is 8. The molecule has 13 heteroatoms. The van der Waals surface area contributed by atoms with Crippen LogP contribution in [0.15, 0.2) is 9.59 Å². The largest absolute Gasteiger partial charge is 0.493 e. The smallest absolute Gasteiger partial charge is 0.327 e. The van der Waals surface area contributed by atoms with Gasteiger partial charge >= 0.3 is 17.8 Å². The summed E-state index contributed by atoms with van der Waals surface area (Å²) in [5.74, 6) is 3.16. The maximum atomic E-state index is 13.2. The van der Waals surface area contributed by atoms with E-state index in [2.05, 4.69) is 17.2 Å². The molecule has 0 spiro atoms. The molecular formula is C20H25F3N6O4. The van der Waals surface area contributed by atoms with Crippen LogP contribution in [0.2, 0.25) is 0 Å². The average Bonchev–Trinajstić information content (AvgIpc) is 3.55. The molecule has 1 N–H and O–H groups in total. The van der Waals surface area contributed by atoms with E-state index in [0.29, 0.717) is 26.2 Å². The van der Waals surface area contributed by atoms with Crippen molar-refractivity contribution < 1.29 is 22.8 Å². The van der Waals surface area contributed by atoms with Crippen LogP contribution in [-0.2, 0) is 23.2 Å². The van der Waals surface area contributed by atoms with E-state index in [0.717, 1.165) is 22.5 Å². The number of carbonyl (C=O) groups excluding carboxylic acids is 1. The third kappa shape index (κ3) is 4.32. The zero-order chi connectivity index (χ0) is 23.9. The second-order valence-electron chi connectivity index (χ2n) is 8.26. The lowest BCUT2D eigenvalue weighted by molar-refractivity contribution is -0.203. The zero-order valence-electron chi connectivity index (χ0n) is 18.3. The summed E-state index contributed by atoms with van der Waals surface area (Å²) in [5, 5.41) is 3.93. The lowest BCUT2D eigenvalue weighted by Gasteiger charge is -2.40. The number of fused-ring (bicyclic) bond motifs is 1. The highest BCUT2D eigenvalue weighted by atomic mass is 19.4. The van der Waals surface area contributed by atoms with Crippen LogP contribution in [0.25, 0.3) is 0 Å². The Morgan fingerprint density at radius 3 is 2.45 bits per heavy atom. The summed E-state index contributed by atoms with van der Waals surface area (Å²) in [6, 6.07) is 0. The Balaban J connectivity index is 1.92. The molecule has 0 bridgehead atoms. The van der Waals surface area contributed by atoms with Gasteiger partial charge in [-0.3, -0.25) is 18.8 Å². The minimum absolute atomic E-state index is 0.00492. The van der Waals surface area contributed by atoms with Crippen LogP contribution in [0.1, 0.15) is 19.8 Å². The molecule has 33 heavy (non-hydrogen) atoms. The number of alkyl halides is 3. The molecule has 2 fully saturated rings. The fourth-order valence-electron chi connectivity index (χ4n) is 4.11. The van der Waals surface area contributed by atoms with Crippen LogP contribution in [0.4, 0.5) is 24.7 Å². The molecule has 1 aliphatic carbocycles. The fraction of sp³-hybridized carbons (Fsp3) is 0.650. The van der Waals surface area contributed by atoms with E-state index in [9.17, 15) is 27.6 Å². The summed E-state index contributed by atoms with van der Waals surface area (Å²) in [6.07, 6.45) is -4.60. The Morgan fingerprint density at radius 2 is 1.88 bits per heavy atom. The van der Waals surface area contributed by atoms with Crippen molar-refractivity contribution in [1.82, 2.24) is 19.4 Å². The van der Waals surface area contributed by atoms with Crippen LogP contribution >= 0.6 is 0 Å². The van der Waals surface area contributed by atoms with E-state index < -0.39 is 29.7 Å². The number of rotatable bonds is 5. The van der Waals surface area contributed by atoms with Crippen molar-refractivity contribution in [3.63, 3.8) is 0 Å². The molecule has 0 aromatic carbocycles. The maximum absolute atomic E-state index is 13.2. The van der Waals surface area contributed by atoms with Crippen LogP contribution in [-0.4, -0.2) is 65.2 Å². The molecule has 180 valence electrons. The Labute approximate surface area is 187 Å². The Morgan fingerprint density at radius 1 is 1.21 bits per heavy atom. The van der Waals surface area contributed by atoms with Crippen LogP contribution in [0, 0.1) is 17.8 Å². The molecule has 1 saturated heterocycles. The van der Waals surface area contributed by atoms with Crippen molar-refractivity contribution in [2.75, 3.05) is 42.7 Å². The van der Waals surface area contributed by atoms with Gasteiger partial charge in [-0.25, -0.2) is 9.59 Å². The second-order valence-corrected chi connectivity index (χ2v) is 8.26. The lowest BCUT2D eigenvalue weighted by atomic mass is 10.3. The molecule has 2 aliphatic heterocycles. The van der Waals surface area contributed by atoms with Gasteiger partial charge in [-0.2, -0.15) is 13.2 Å². The first-order chi connectivity index (χ1) is 15.6. The molecule has 0 amide bonds. The lowest BCUT2D eigenvalue weighted by Crippen LogP contribution is -2.61.